The van der Waals surface area contributed by atoms with E-state index in [1.807, 2.05) is 74.5 Å². The van der Waals surface area contributed by atoms with Gasteiger partial charge in [0.2, 0.25) is 5.91 Å². The number of benzene rings is 2. The summed E-state index contributed by atoms with van der Waals surface area (Å²) in [5.41, 5.74) is 2.05. The van der Waals surface area contributed by atoms with E-state index in [0.717, 1.165) is 5.56 Å². The lowest BCUT2D eigenvalue weighted by Crippen LogP contribution is -2.64. The van der Waals surface area contributed by atoms with E-state index >= 15 is 0 Å². The summed E-state index contributed by atoms with van der Waals surface area (Å²) in [5, 5.41) is 15.2. The third-order valence-electron chi connectivity index (χ3n) is 7.82. The zero-order valence-corrected chi connectivity index (χ0v) is 27.0. The van der Waals surface area contributed by atoms with Crippen LogP contribution in [0.2, 0.25) is 0 Å². The maximum Gasteiger partial charge on any atom is 0.277 e. The molecule has 3 atom stereocenters. The lowest BCUT2D eigenvalue weighted by Gasteiger charge is -2.48. The summed E-state index contributed by atoms with van der Waals surface area (Å²) in [6, 6.07) is 22.0. The van der Waals surface area contributed by atoms with Gasteiger partial charge < -0.3 is 5.11 Å². The molecule has 0 bridgehead atoms. The smallest absolute Gasteiger partial charge is 0.277 e. The minimum atomic E-state index is -1.17. The number of hydrazine groups is 1. The van der Waals surface area contributed by atoms with Gasteiger partial charge in [0.15, 0.2) is 0 Å². The topological polar surface area (TPSA) is 106 Å². The number of aliphatic hydroxyl groups excluding tert-OH is 1. The molecule has 2 aliphatic rings. The lowest BCUT2D eigenvalue weighted by atomic mass is 9.96. The van der Waals surface area contributed by atoms with Crippen molar-refractivity contribution in [2.24, 2.45) is 10.9 Å². The van der Waals surface area contributed by atoms with Gasteiger partial charge in [0.05, 0.1) is 23.3 Å². The first-order valence-corrected chi connectivity index (χ1v) is 15.9. The minimum absolute atomic E-state index is 0.202. The van der Waals surface area contributed by atoms with E-state index < -0.39 is 35.9 Å². The number of carbonyl (C=O) groups is 3. The second kappa shape index (κ2) is 13.4. The monoisotopic (exact) mass is 625 g/mol. The fourth-order valence-electron chi connectivity index (χ4n) is 5.72. The Morgan fingerprint density at radius 3 is 2.22 bits per heavy atom. The molecule has 45 heavy (non-hydrogen) atoms. The molecule has 3 aromatic rings. The summed E-state index contributed by atoms with van der Waals surface area (Å²) in [6.07, 6.45) is 2.26. The number of aliphatic hydroxyl groups is 1. The number of hydrogen-bond acceptors (Lipinski definition) is 7. The van der Waals surface area contributed by atoms with E-state index in [1.54, 1.807) is 24.4 Å². The Hall–Kier alpha value is -4.28. The van der Waals surface area contributed by atoms with Crippen molar-refractivity contribution in [2.75, 3.05) is 6.54 Å². The molecule has 3 heterocycles. The SMILES string of the molecule is CC(=O)N([C@@H](Cc1ccccc1)C(O)C1=NCC(C)(C)S1)N1C(=O)[C@@H](C(C)C)N(C(=O)c2ccccn2)C=C1c1ccccc1. The summed E-state index contributed by atoms with van der Waals surface area (Å²) in [7, 11) is 0. The van der Waals surface area contributed by atoms with Crippen LogP contribution in [-0.2, 0) is 16.0 Å². The Kier molecular flexibility index (Phi) is 9.55. The van der Waals surface area contributed by atoms with Gasteiger partial charge in [-0.3, -0.25) is 29.3 Å². The fraction of sp³-hybridized carbons (Fsp3) is 0.343. The highest BCUT2D eigenvalue weighted by atomic mass is 32.2. The van der Waals surface area contributed by atoms with Crippen molar-refractivity contribution >= 4 is 40.2 Å². The first-order valence-electron chi connectivity index (χ1n) is 15.1. The summed E-state index contributed by atoms with van der Waals surface area (Å²) in [4.78, 5) is 52.8. The second-order valence-electron chi connectivity index (χ2n) is 12.2. The van der Waals surface area contributed by atoms with E-state index in [2.05, 4.69) is 23.8 Å². The molecular weight excluding hydrogens is 586 g/mol. The van der Waals surface area contributed by atoms with Gasteiger partial charge >= 0.3 is 0 Å². The number of pyridine rings is 1. The molecule has 0 fully saturated rings. The quantitative estimate of drug-likeness (QED) is 0.357. The molecule has 1 unspecified atom stereocenters. The van der Waals surface area contributed by atoms with Gasteiger partial charge in [0.1, 0.15) is 17.8 Å². The van der Waals surface area contributed by atoms with Gasteiger partial charge in [-0.1, -0.05) is 80.6 Å². The highest BCUT2D eigenvalue weighted by Gasteiger charge is 2.48. The van der Waals surface area contributed by atoms with Crippen LogP contribution in [0.15, 0.2) is 96.3 Å². The fourth-order valence-corrected chi connectivity index (χ4v) is 6.82. The predicted molar refractivity (Wildman–Crippen MR) is 177 cm³/mol. The van der Waals surface area contributed by atoms with Crippen LogP contribution in [0, 0.1) is 5.92 Å². The van der Waals surface area contributed by atoms with Crippen molar-refractivity contribution in [1.82, 2.24) is 19.9 Å². The van der Waals surface area contributed by atoms with Gasteiger partial charge in [0, 0.05) is 29.6 Å². The van der Waals surface area contributed by atoms with Crippen LogP contribution in [0.5, 0.6) is 0 Å². The number of aliphatic imine (C=N–C) groups is 1. The molecule has 0 radical (unpaired) electrons. The standard InChI is InChI=1S/C35H39N5O4S/c1-23(2)30-34(44)40(29(26-16-10-7-11-17-26)21-38(30)33(43)27-18-12-13-19-36-27)39(24(3)41)28(20-25-14-8-6-9-15-25)31(42)32-37-22-35(4,5)45-32/h6-19,21,23,28,30-31,42H,20,22H2,1-5H3/t28-,30+,31?/m0/s1. The van der Waals surface area contributed by atoms with E-state index in [0.29, 0.717) is 22.8 Å². The molecule has 1 aromatic heterocycles. The first-order chi connectivity index (χ1) is 21.5. The van der Waals surface area contributed by atoms with Crippen LogP contribution in [-0.4, -0.2) is 77.3 Å². The average Bonchev–Trinajstić information content (AvgIpc) is 3.40. The van der Waals surface area contributed by atoms with E-state index in [1.165, 1.54) is 39.8 Å². The van der Waals surface area contributed by atoms with Gasteiger partial charge in [-0.25, -0.2) is 10.0 Å². The van der Waals surface area contributed by atoms with E-state index in [4.69, 9.17) is 0 Å². The van der Waals surface area contributed by atoms with Crippen molar-refractivity contribution in [1.29, 1.82) is 0 Å². The Morgan fingerprint density at radius 1 is 1.02 bits per heavy atom. The van der Waals surface area contributed by atoms with Crippen molar-refractivity contribution in [3.8, 4) is 0 Å². The van der Waals surface area contributed by atoms with Crippen molar-refractivity contribution in [2.45, 2.75) is 64.0 Å². The van der Waals surface area contributed by atoms with E-state index in [9.17, 15) is 19.5 Å². The van der Waals surface area contributed by atoms with Crippen LogP contribution in [0.3, 0.4) is 0 Å². The Morgan fingerprint density at radius 2 is 1.67 bits per heavy atom. The summed E-state index contributed by atoms with van der Waals surface area (Å²) in [6.45, 7) is 9.76. The van der Waals surface area contributed by atoms with E-state index in [-0.39, 0.29) is 22.8 Å². The number of nitrogens with zero attached hydrogens (tertiary/aromatic N) is 5. The van der Waals surface area contributed by atoms with Crippen LogP contribution >= 0.6 is 11.8 Å². The number of hydrogen-bond donors (Lipinski definition) is 1. The predicted octanol–water partition coefficient (Wildman–Crippen LogP) is 5.05. The Balaban J connectivity index is 1.68. The summed E-state index contributed by atoms with van der Waals surface area (Å²) in [5.74, 6) is -1.63. The first kappa shape index (κ1) is 32.1. The van der Waals surface area contributed by atoms with Crippen LogP contribution in [0.4, 0.5) is 0 Å². The number of amides is 3. The number of thioether (sulfide) groups is 1. The molecule has 234 valence electrons. The molecular formula is C35H39N5O4S. The maximum atomic E-state index is 14.8. The van der Waals surface area contributed by atoms with Gasteiger partial charge in [0.25, 0.3) is 11.8 Å². The Labute approximate surface area is 268 Å². The third-order valence-corrected chi connectivity index (χ3v) is 9.09. The van der Waals surface area contributed by atoms with Gasteiger partial charge in [-0.2, -0.15) is 0 Å². The highest BCUT2D eigenvalue weighted by Crippen LogP contribution is 2.37. The molecule has 2 aromatic carbocycles. The highest BCUT2D eigenvalue weighted by molar-refractivity contribution is 8.15. The van der Waals surface area contributed by atoms with Crippen molar-refractivity contribution in [3.63, 3.8) is 0 Å². The van der Waals surface area contributed by atoms with Crippen molar-refractivity contribution in [3.05, 3.63) is 108 Å². The molecule has 0 aliphatic carbocycles. The molecule has 1 N–H and O–H groups in total. The van der Waals surface area contributed by atoms with Gasteiger partial charge in [-0.15, -0.1) is 11.8 Å². The van der Waals surface area contributed by atoms with Crippen LogP contribution < -0.4 is 0 Å². The second-order valence-corrected chi connectivity index (χ2v) is 14.0. The molecule has 5 rings (SSSR count). The lowest BCUT2D eigenvalue weighted by molar-refractivity contribution is -0.167. The zero-order chi connectivity index (χ0) is 32.3. The van der Waals surface area contributed by atoms with Crippen molar-refractivity contribution < 1.29 is 19.5 Å². The third kappa shape index (κ3) is 6.87. The molecule has 2 aliphatic heterocycles. The molecule has 0 saturated heterocycles. The summed E-state index contributed by atoms with van der Waals surface area (Å²) < 4.78 is -0.209. The van der Waals surface area contributed by atoms with Gasteiger partial charge in [-0.05, 0) is 43.9 Å². The largest absolute Gasteiger partial charge is 0.384 e. The Bertz CT molecular complexity index is 1590. The van der Waals surface area contributed by atoms with Crippen LogP contribution in [0.1, 0.15) is 56.2 Å². The average molecular weight is 626 g/mol. The summed E-state index contributed by atoms with van der Waals surface area (Å²) >= 11 is 1.48. The molecule has 0 saturated carbocycles. The molecule has 10 heteroatoms. The zero-order valence-electron chi connectivity index (χ0n) is 26.2. The number of carbonyl (C=O) groups excluding carboxylic acids is 3. The minimum Gasteiger partial charge on any atom is -0.384 e. The molecule has 0 spiro atoms. The molecule has 3 amide bonds. The van der Waals surface area contributed by atoms with Crippen LogP contribution in [0.25, 0.3) is 5.70 Å². The number of aromatic nitrogens is 1. The molecule has 9 nitrogen and oxygen atoms in total. The maximum absolute atomic E-state index is 14.8. The normalized spacial score (nSPS) is 19.2. The number of rotatable bonds is 9.